The van der Waals surface area contributed by atoms with Gasteiger partial charge in [0.25, 0.3) is 0 Å². The highest BCUT2D eigenvalue weighted by atomic mass is 15.0. The largest absolute Gasteiger partial charge is 0.308 e. The Morgan fingerprint density at radius 2 is 0.977 bits per heavy atom. The maximum Gasteiger partial charge on any atom is 0.0963 e. The van der Waals surface area contributed by atoms with Crippen LogP contribution < -0.4 is 0 Å². The molecule has 0 N–H and O–H groups in total. The third kappa shape index (κ3) is 3.75. The first-order valence-corrected chi connectivity index (χ1v) is 14.6. The van der Waals surface area contributed by atoms with Crippen LogP contribution >= 0.6 is 0 Å². The highest BCUT2D eigenvalue weighted by Gasteiger charge is 2.17. The second-order valence-corrected chi connectivity index (χ2v) is 10.8. The average Bonchev–Trinajstić information content (AvgIpc) is 3.62. The molecule has 0 saturated carbocycles. The number of hydrogen-bond acceptors (Lipinski definition) is 4. The van der Waals surface area contributed by atoms with Crippen LogP contribution in [-0.4, -0.2) is 29.1 Å². The van der Waals surface area contributed by atoms with Crippen molar-refractivity contribution in [3.8, 4) is 34.0 Å². The van der Waals surface area contributed by atoms with Gasteiger partial charge in [0.1, 0.15) is 0 Å². The number of fused-ring (bicyclic) bond motifs is 6. The number of pyridine rings is 4. The first-order chi connectivity index (χ1) is 21.8. The van der Waals surface area contributed by atoms with Crippen LogP contribution in [0, 0.1) is 0 Å². The monoisotopic (exact) mass is 564 g/mol. The molecule has 6 nitrogen and oxygen atoms in total. The summed E-state index contributed by atoms with van der Waals surface area (Å²) in [5.41, 5.74) is 11.8. The summed E-state index contributed by atoms with van der Waals surface area (Å²) in [4.78, 5) is 19.3. The van der Waals surface area contributed by atoms with Crippen LogP contribution in [0.15, 0.2) is 146 Å². The lowest BCUT2D eigenvalue weighted by Crippen LogP contribution is -1.99. The topological polar surface area (TPSA) is 61.4 Å². The van der Waals surface area contributed by atoms with Crippen LogP contribution in [0.4, 0.5) is 0 Å². The van der Waals surface area contributed by atoms with E-state index in [-0.39, 0.29) is 0 Å². The van der Waals surface area contributed by atoms with Crippen LogP contribution in [0.2, 0.25) is 0 Å². The minimum atomic E-state index is 0.805. The van der Waals surface area contributed by atoms with E-state index in [9.17, 15) is 0 Å². The Labute approximate surface area is 252 Å². The average molecular weight is 565 g/mol. The molecule has 6 heteroatoms. The third-order valence-electron chi connectivity index (χ3n) is 8.25. The Morgan fingerprint density at radius 3 is 1.66 bits per heavy atom. The van der Waals surface area contributed by atoms with Gasteiger partial charge in [-0.05, 0) is 72.8 Å². The molecular formula is C38H24N6. The van der Waals surface area contributed by atoms with Gasteiger partial charge in [0.2, 0.25) is 0 Å². The molecule has 206 valence electrons. The summed E-state index contributed by atoms with van der Waals surface area (Å²) < 4.78 is 4.56. The summed E-state index contributed by atoms with van der Waals surface area (Å²) in [5, 5.41) is 2.24. The van der Waals surface area contributed by atoms with E-state index in [0.29, 0.717) is 0 Å². The highest BCUT2D eigenvalue weighted by molar-refractivity contribution is 6.08. The fourth-order valence-electron chi connectivity index (χ4n) is 6.37. The molecule has 0 saturated heterocycles. The Bertz CT molecular complexity index is 2400. The number of hydrogen-bond donors (Lipinski definition) is 0. The summed E-state index contributed by atoms with van der Waals surface area (Å²) in [6.07, 6.45) is 5.52. The zero-order chi connectivity index (χ0) is 29.0. The van der Waals surface area contributed by atoms with Gasteiger partial charge >= 0.3 is 0 Å². The summed E-state index contributed by atoms with van der Waals surface area (Å²) in [6, 6.07) is 43.9. The fraction of sp³-hybridized carbons (Fsp3) is 0. The molecule has 0 aliphatic carbocycles. The van der Waals surface area contributed by atoms with Gasteiger partial charge in [0.15, 0.2) is 0 Å². The molecule has 0 aliphatic heterocycles. The first-order valence-electron chi connectivity index (χ1n) is 14.6. The summed E-state index contributed by atoms with van der Waals surface area (Å²) in [6.45, 7) is 0. The lowest BCUT2D eigenvalue weighted by atomic mass is 10.1. The molecular weight excluding hydrogens is 540 g/mol. The molecule has 0 spiro atoms. The molecule has 6 aromatic heterocycles. The second kappa shape index (κ2) is 9.71. The fourth-order valence-corrected chi connectivity index (χ4v) is 6.37. The molecule has 3 aromatic carbocycles. The molecule has 0 bridgehead atoms. The first kappa shape index (κ1) is 24.5. The zero-order valence-electron chi connectivity index (χ0n) is 23.5. The number of rotatable bonds is 4. The van der Waals surface area contributed by atoms with Crippen molar-refractivity contribution in [1.29, 1.82) is 0 Å². The van der Waals surface area contributed by atoms with Crippen LogP contribution in [0.3, 0.4) is 0 Å². The Hall–Kier alpha value is -6.14. The lowest BCUT2D eigenvalue weighted by Gasteiger charge is -2.14. The molecule has 9 aromatic rings. The van der Waals surface area contributed by atoms with E-state index >= 15 is 0 Å². The Kier molecular flexibility index (Phi) is 5.40. The van der Waals surface area contributed by atoms with Crippen molar-refractivity contribution in [2.75, 3.05) is 0 Å². The third-order valence-corrected chi connectivity index (χ3v) is 8.25. The summed E-state index contributed by atoms with van der Waals surface area (Å²) >= 11 is 0. The van der Waals surface area contributed by atoms with Gasteiger partial charge in [-0.25, -0.2) is 4.98 Å². The standard InChI is InChI=1S/C38H24N6/c1-3-15-33-28(12-1)37-35(17-8-20-40-37)43(33)26-11-7-10-25(22-26)31-23-27(24-32(42-31)30-14-5-6-19-39-30)44-34-16-4-2-13-29(34)38-36(44)18-9-21-41-38/h1-24H. The van der Waals surface area contributed by atoms with Crippen molar-refractivity contribution in [2.24, 2.45) is 0 Å². The predicted octanol–water partition coefficient (Wildman–Crippen LogP) is 8.79. The van der Waals surface area contributed by atoms with E-state index in [1.54, 1.807) is 0 Å². The summed E-state index contributed by atoms with van der Waals surface area (Å²) in [5.74, 6) is 0. The number of nitrogens with zero attached hydrogens (tertiary/aromatic N) is 6. The van der Waals surface area contributed by atoms with E-state index in [2.05, 4.69) is 111 Å². The molecule has 9 rings (SSSR count). The van der Waals surface area contributed by atoms with Crippen molar-refractivity contribution >= 4 is 43.9 Å². The minimum Gasteiger partial charge on any atom is -0.308 e. The number of para-hydroxylation sites is 2. The van der Waals surface area contributed by atoms with Crippen LogP contribution in [0.5, 0.6) is 0 Å². The Balaban J connectivity index is 1.30. The molecule has 0 atom stereocenters. The van der Waals surface area contributed by atoms with Gasteiger partial charge in [0.05, 0.1) is 55.9 Å². The molecule has 0 fully saturated rings. The van der Waals surface area contributed by atoms with Crippen LogP contribution in [-0.2, 0) is 0 Å². The number of aromatic nitrogens is 6. The normalized spacial score (nSPS) is 11.6. The minimum absolute atomic E-state index is 0.805. The van der Waals surface area contributed by atoms with Crippen LogP contribution in [0.25, 0.3) is 77.9 Å². The molecule has 44 heavy (non-hydrogen) atoms. The van der Waals surface area contributed by atoms with E-state index in [1.165, 1.54) is 0 Å². The molecule has 0 radical (unpaired) electrons. The van der Waals surface area contributed by atoms with Crippen molar-refractivity contribution < 1.29 is 0 Å². The molecule has 0 amide bonds. The van der Waals surface area contributed by atoms with E-state index in [1.807, 2.05) is 48.9 Å². The van der Waals surface area contributed by atoms with Gasteiger partial charge in [-0.3, -0.25) is 15.0 Å². The second-order valence-electron chi connectivity index (χ2n) is 10.8. The summed E-state index contributed by atoms with van der Waals surface area (Å²) in [7, 11) is 0. The van der Waals surface area contributed by atoms with Gasteiger partial charge in [0, 0.05) is 40.6 Å². The SMILES string of the molecule is c1ccc(-c2cc(-n3c4ccccc4c4ncccc43)cc(-c3cccc(-n4c5ccccc5c5ncccc54)c3)n2)nc1. The number of benzene rings is 3. The van der Waals surface area contributed by atoms with E-state index < -0.39 is 0 Å². The van der Waals surface area contributed by atoms with Crippen molar-refractivity contribution in [3.05, 3.63) is 146 Å². The zero-order valence-corrected chi connectivity index (χ0v) is 23.5. The Morgan fingerprint density at radius 1 is 0.386 bits per heavy atom. The molecule has 0 unspecified atom stereocenters. The molecule has 0 aliphatic rings. The van der Waals surface area contributed by atoms with Crippen molar-refractivity contribution in [2.45, 2.75) is 0 Å². The maximum atomic E-state index is 5.18. The van der Waals surface area contributed by atoms with Gasteiger partial charge in [-0.1, -0.05) is 54.6 Å². The van der Waals surface area contributed by atoms with Crippen LogP contribution in [0.1, 0.15) is 0 Å². The smallest absolute Gasteiger partial charge is 0.0963 e. The van der Waals surface area contributed by atoms with Crippen molar-refractivity contribution in [1.82, 2.24) is 29.1 Å². The lowest BCUT2D eigenvalue weighted by molar-refractivity contribution is 1.14. The van der Waals surface area contributed by atoms with Crippen molar-refractivity contribution in [3.63, 3.8) is 0 Å². The molecule has 6 heterocycles. The van der Waals surface area contributed by atoms with E-state index in [0.717, 1.165) is 77.9 Å². The highest BCUT2D eigenvalue weighted by Crippen LogP contribution is 2.35. The maximum absolute atomic E-state index is 5.18. The van der Waals surface area contributed by atoms with Gasteiger partial charge in [-0.15, -0.1) is 0 Å². The van der Waals surface area contributed by atoms with E-state index in [4.69, 9.17) is 15.0 Å². The van der Waals surface area contributed by atoms with Gasteiger partial charge in [-0.2, -0.15) is 0 Å². The quantitative estimate of drug-likeness (QED) is 0.214. The van der Waals surface area contributed by atoms with Gasteiger partial charge < -0.3 is 9.13 Å². The predicted molar refractivity (Wildman–Crippen MR) is 177 cm³/mol.